The molecular weight excluding hydrogens is 306 g/mol. The van der Waals surface area contributed by atoms with Crippen molar-refractivity contribution < 1.29 is 4.39 Å². The Hall–Kier alpha value is -1.36. The maximum absolute atomic E-state index is 13.5. The summed E-state index contributed by atoms with van der Waals surface area (Å²) < 4.78 is 15.6. The molecule has 1 aromatic heterocycles. The zero-order valence-electron chi connectivity index (χ0n) is 9.45. The molecule has 0 aliphatic heterocycles. The molecule has 0 saturated carbocycles. The van der Waals surface area contributed by atoms with Crippen molar-refractivity contribution in [3.8, 4) is 5.69 Å². The number of aromatic nitrogens is 2. The highest BCUT2D eigenvalue weighted by Gasteiger charge is 2.10. The van der Waals surface area contributed by atoms with E-state index in [-0.39, 0.29) is 0 Å². The van der Waals surface area contributed by atoms with Gasteiger partial charge in [-0.25, -0.2) is 4.39 Å². The predicted octanol–water partition coefficient (Wildman–Crippen LogP) is 5.13. The summed E-state index contributed by atoms with van der Waals surface area (Å²) in [4.78, 5) is 3.01. The van der Waals surface area contributed by atoms with Gasteiger partial charge in [0.25, 0.3) is 0 Å². The maximum Gasteiger partial charge on any atom is 0.182 e. The van der Waals surface area contributed by atoms with Crippen LogP contribution in [0, 0.1) is 10.6 Å². The lowest BCUT2D eigenvalue weighted by Gasteiger charge is -2.05. The highest BCUT2D eigenvalue weighted by atomic mass is 35.5. The van der Waals surface area contributed by atoms with Crippen LogP contribution in [0.2, 0.25) is 10.0 Å². The van der Waals surface area contributed by atoms with Crippen molar-refractivity contribution in [1.29, 1.82) is 0 Å². The van der Waals surface area contributed by atoms with Gasteiger partial charge >= 0.3 is 0 Å². The first-order valence-corrected chi connectivity index (χ1v) is 6.58. The van der Waals surface area contributed by atoms with E-state index in [2.05, 4.69) is 4.98 Å². The van der Waals surface area contributed by atoms with Gasteiger partial charge in [0, 0.05) is 5.02 Å². The minimum Gasteiger partial charge on any atom is -0.329 e. The minimum absolute atomic E-state index is 0.313. The van der Waals surface area contributed by atoms with Crippen LogP contribution in [0.5, 0.6) is 0 Å². The SMILES string of the molecule is Fc1cc(Cl)cc(-n2c(=S)[nH]c3c(Cl)cccc32)c1. The molecule has 2 nitrogen and oxygen atoms in total. The Morgan fingerprint density at radius 3 is 2.68 bits per heavy atom. The molecule has 1 heterocycles. The molecule has 0 atom stereocenters. The van der Waals surface area contributed by atoms with Crippen molar-refractivity contribution in [2.45, 2.75) is 0 Å². The number of para-hydroxylation sites is 1. The quantitative estimate of drug-likeness (QED) is 0.617. The third kappa shape index (κ3) is 2.16. The number of nitrogens with one attached hydrogen (secondary N) is 1. The smallest absolute Gasteiger partial charge is 0.182 e. The minimum atomic E-state index is -0.416. The van der Waals surface area contributed by atoms with Crippen LogP contribution < -0.4 is 0 Å². The molecule has 0 aliphatic carbocycles. The number of imidazole rings is 1. The summed E-state index contributed by atoms with van der Waals surface area (Å²) in [6.45, 7) is 0. The van der Waals surface area contributed by atoms with E-state index in [0.29, 0.717) is 20.5 Å². The molecule has 96 valence electrons. The average molecular weight is 313 g/mol. The Balaban J connectivity index is 2.39. The third-order valence-corrected chi connectivity index (χ3v) is 3.59. The Labute approximate surface area is 123 Å². The molecule has 3 aromatic rings. The highest BCUT2D eigenvalue weighted by Crippen LogP contribution is 2.27. The van der Waals surface area contributed by atoms with Crippen LogP contribution in [-0.4, -0.2) is 9.55 Å². The van der Waals surface area contributed by atoms with Gasteiger partial charge < -0.3 is 4.98 Å². The number of nitrogens with zero attached hydrogens (tertiary/aromatic N) is 1. The molecule has 6 heteroatoms. The van der Waals surface area contributed by atoms with E-state index in [1.807, 2.05) is 12.1 Å². The zero-order valence-corrected chi connectivity index (χ0v) is 11.8. The molecule has 0 radical (unpaired) electrons. The van der Waals surface area contributed by atoms with Gasteiger partial charge in [-0.15, -0.1) is 0 Å². The second-order valence-corrected chi connectivity index (χ2v) is 5.26. The lowest BCUT2D eigenvalue weighted by atomic mass is 10.2. The molecule has 2 aromatic carbocycles. The molecule has 0 fully saturated rings. The molecule has 0 spiro atoms. The van der Waals surface area contributed by atoms with Crippen LogP contribution >= 0.6 is 35.4 Å². The van der Waals surface area contributed by atoms with Crippen LogP contribution in [-0.2, 0) is 0 Å². The molecular formula is C13H7Cl2FN2S. The zero-order chi connectivity index (χ0) is 13.6. The van der Waals surface area contributed by atoms with Gasteiger partial charge in [-0.2, -0.15) is 0 Å². The van der Waals surface area contributed by atoms with Crippen LogP contribution in [0.25, 0.3) is 16.7 Å². The molecule has 3 rings (SSSR count). The summed E-state index contributed by atoms with van der Waals surface area (Å²) in [6, 6.07) is 9.69. The van der Waals surface area contributed by atoms with E-state index in [1.165, 1.54) is 12.1 Å². The molecule has 0 bridgehead atoms. The highest BCUT2D eigenvalue weighted by molar-refractivity contribution is 7.71. The lowest BCUT2D eigenvalue weighted by molar-refractivity contribution is 0.627. The Kier molecular flexibility index (Phi) is 3.09. The standard InChI is InChI=1S/C13H7Cl2FN2S/c14-7-4-8(16)6-9(5-7)18-11-3-1-2-10(15)12(11)17-13(18)19/h1-6H,(H,17,19). The predicted molar refractivity (Wildman–Crippen MR) is 78.4 cm³/mol. The summed E-state index contributed by atoms with van der Waals surface area (Å²) in [5.41, 5.74) is 2.05. The normalized spacial score (nSPS) is 11.1. The van der Waals surface area contributed by atoms with Gasteiger partial charge in [0.15, 0.2) is 4.77 Å². The number of hydrogen-bond acceptors (Lipinski definition) is 1. The van der Waals surface area contributed by atoms with Gasteiger partial charge in [-0.05, 0) is 42.5 Å². The maximum atomic E-state index is 13.5. The first-order chi connectivity index (χ1) is 9.06. The van der Waals surface area contributed by atoms with Gasteiger partial charge in [0.2, 0.25) is 0 Å². The Morgan fingerprint density at radius 1 is 1.16 bits per heavy atom. The summed E-state index contributed by atoms with van der Waals surface area (Å²) >= 11 is 17.2. The van der Waals surface area contributed by atoms with E-state index in [9.17, 15) is 4.39 Å². The van der Waals surface area contributed by atoms with Crippen LogP contribution in [0.15, 0.2) is 36.4 Å². The van der Waals surface area contributed by atoms with Crippen LogP contribution in [0.3, 0.4) is 0 Å². The van der Waals surface area contributed by atoms with E-state index in [1.54, 1.807) is 16.7 Å². The number of halogens is 3. The number of H-pyrrole nitrogens is 1. The number of rotatable bonds is 1. The second-order valence-electron chi connectivity index (χ2n) is 4.03. The lowest BCUT2D eigenvalue weighted by Crippen LogP contribution is -1.94. The van der Waals surface area contributed by atoms with Crippen molar-refractivity contribution >= 4 is 46.5 Å². The van der Waals surface area contributed by atoms with Gasteiger partial charge in [-0.1, -0.05) is 29.3 Å². The molecule has 0 aliphatic rings. The fourth-order valence-corrected chi connectivity index (χ4v) is 2.76. The molecule has 1 N–H and O–H groups in total. The number of benzene rings is 2. The average Bonchev–Trinajstić information content (AvgIpc) is 2.65. The van der Waals surface area contributed by atoms with Crippen molar-refractivity contribution in [2.75, 3.05) is 0 Å². The first kappa shape index (κ1) is 12.7. The van der Waals surface area contributed by atoms with Crippen LogP contribution in [0.1, 0.15) is 0 Å². The first-order valence-electron chi connectivity index (χ1n) is 5.42. The van der Waals surface area contributed by atoms with Gasteiger partial charge in [0.05, 0.1) is 21.7 Å². The Bertz CT molecular complexity index is 818. The van der Waals surface area contributed by atoms with Gasteiger partial charge in [0.1, 0.15) is 5.82 Å². The number of fused-ring (bicyclic) bond motifs is 1. The largest absolute Gasteiger partial charge is 0.329 e. The van der Waals surface area contributed by atoms with E-state index in [4.69, 9.17) is 35.4 Å². The van der Waals surface area contributed by atoms with Crippen molar-refractivity contribution in [1.82, 2.24) is 9.55 Å². The second kappa shape index (κ2) is 4.63. The summed E-state index contributed by atoms with van der Waals surface area (Å²) in [6.07, 6.45) is 0. The Morgan fingerprint density at radius 2 is 1.95 bits per heavy atom. The van der Waals surface area contributed by atoms with Crippen LogP contribution in [0.4, 0.5) is 4.39 Å². The van der Waals surface area contributed by atoms with E-state index in [0.717, 1.165) is 11.0 Å². The van der Waals surface area contributed by atoms with Crippen molar-refractivity contribution in [3.05, 3.63) is 57.0 Å². The third-order valence-electron chi connectivity index (χ3n) is 2.77. The van der Waals surface area contributed by atoms with Gasteiger partial charge in [-0.3, -0.25) is 4.57 Å². The number of aromatic amines is 1. The fraction of sp³-hybridized carbons (Fsp3) is 0. The molecule has 19 heavy (non-hydrogen) atoms. The molecule has 0 saturated heterocycles. The van der Waals surface area contributed by atoms with Crippen molar-refractivity contribution in [3.63, 3.8) is 0 Å². The fourth-order valence-electron chi connectivity index (χ4n) is 2.02. The summed E-state index contributed by atoms with van der Waals surface area (Å²) in [7, 11) is 0. The monoisotopic (exact) mass is 312 g/mol. The van der Waals surface area contributed by atoms with E-state index < -0.39 is 5.82 Å². The molecule has 0 unspecified atom stereocenters. The number of hydrogen-bond donors (Lipinski definition) is 1. The van der Waals surface area contributed by atoms with Crippen molar-refractivity contribution in [2.24, 2.45) is 0 Å². The topological polar surface area (TPSA) is 20.7 Å². The molecule has 0 amide bonds. The summed E-state index contributed by atoms with van der Waals surface area (Å²) in [5.74, 6) is -0.416. The van der Waals surface area contributed by atoms with E-state index >= 15 is 0 Å². The summed E-state index contributed by atoms with van der Waals surface area (Å²) in [5, 5.41) is 0.873.